The Hall–Kier alpha value is -3.33. The molecule has 0 bridgehead atoms. The molecule has 0 saturated heterocycles. The number of nitrogens with zero attached hydrogens (tertiary/aromatic N) is 2. The molecule has 0 amide bonds. The van der Waals surface area contributed by atoms with Gasteiger partial charge in [0.2, 0.25) is 0 Å². The van der Waals surface area contributed by atoms with E-state index in [0.29, 0.717) is 54.3 Å². The van der Waals surface area contributed by atoms with Gasteiger partial charge in [0, 0.05) is 10.6 Å². The summed E-state index contributed by atoms with van der Waals surface area (Å²) in [6.45, 7) is 9.98. The average Bonchev–Trinajstić information content (AvgIpc) is 3.17. The van der Waals surface area contributed by atoms with Crippen LogP contribution in [0, 0.1) is 0 Å². The molecule has 1 aliphatic heterocycles. The van der Waals surface area contributed by atoms with E-state index in [2.05, 4.69) is 11.6 Å². The maximum absolute atomic E-state index is 13.9. The summed E-state index contributed by atoms with van der Waals surface area (Å²) in [5, 5.41) is 0.707. The Balaban J connectivity index is 1.93. The van der Waals surface area contributed by atoms with Gasteiger partial charge in [-0.15, -0.1) is 0 Å². The van der Waals surface area contributed by atoms with Crippen LogP contribution in [0.4, 0.5) is 0 Å². The fourth-order valence-electron chi connectivity index (χ4n) is 4.14. The predicted octanol–water partition coefficient (Wildman–Crippen LogP) is 5.07. The maximum atomic E-state index is 13.9. The van der Waals surface area contributed by atoms with Crippen LogP contribution in [0.15, 0.2) is 70.1 Å². The topological polar surface area (TPSA) is 79.1 Å². The molecule has 2 aromatic carbocycles. The number of thiazole rings is 1. The molecule has 7 nitrogen and oxygen atoms in total. The van der Waals surface area contributed by atoms with Gasteiger partial charge in [-0.1, -0.05) is 59.3 Å². The zero-order valence-electron chi connectivity index (χ0n) is 21.1. The minimum Gasteiger partial charge on any atom is -0.494 e. The second kappa shape index (κ2) is 12.0. The van der Waals surface area contributed by atoms with Crippen LogP contribution in [0.1, 0.15) is 37.9 Å². The number of carbonyl (C=O) groups excluding carboxylic acids is 1. The van der Waals surface area contributed by atoms with Crippen molar-refractivity contribution in [2.75, 3.05) is 19.8 Å². The van der Waals surface area contributed by atoms with E-state index in [4.69, 9.17) is 37.4 Å². The smallest absolute Gasteiger partial charge is 0.338 e. The van der Waals surface area contributed by atoms with Crippen molar-refractivity contribution in [3.63, 3.8) is 0 Å². The highest BCUT2D eigenvalue weighted by Gasteiger charge is 2.33. The molecule has 0 aliphatic carbocycles. The van der Waals surface area contributed by atoms with Crippen molar-refractivity contribution < 1.29 is 19.0 Å². The van der Waals surface area contributed by atoms with E-state index < -0.39 is 12.0 Å². The third-order valence-corrected chi connectivity index (χ3v) is 7.18. The first kappa shape index (κ1) is 27.7. The minimum absolute atomic E-state index is 0.193. The van der Waals surface area contributed by atoms with Gasteiger partial charge in [-0.05, 0) is 56.7 Å². The average molecular weight is 573 g/mol. The number of halogens is 2. The summed E-state index contributed by atoms with van der Waals surface area (Å²) in [6.07, 6.45) is 3.26. The van der Waals surface area contributed by atoms with Gasteiger partial charge < -0.3 is 14.2 Å². The summed E-state index contributed by atoms with van der Waals surface area (Å²) in [4.78, 5) is 32.0. The highest BCUT2D eigenvalue weighted by molar-refractivity contribution is 7.07. The van der Waals surface area contributed by atoms with E-state index in [9.17, 15) is 9.59 Å². The van der Waals surface area contributed by atoms with Crippen LogP contribution in [0.2, 0.25) is 10.0 Å². The van der Waals surface area contributed by atoms with Crippen molar-refractivity contribution in [3.05, 3.63) is 101 Å². The van der Waals surface area contributed by atoms with Crippen molar-refractivity contribution in [1.82, 2.24) is 4.57 Å². The predicted molar refractivity (Wildman–Crippen MR) is 150 cm³/mol. The first-order valence-corrected chi connectivity index (χ1v) is 13.5. The van der Waals surface area contributed by atoms with Crippen LogP contribution < -0.4 is 24.4 Å². The maximum Gasteiger partial charge on any atom is 0.338 e. The molecule has 1 aromatic heterocycles. The molecule has 1 atom stereocenters. The minimum atomic E-state index is -0.734. The molecule has 0 spiro atoms. The van der Waals surface area contributed by atoms with Gasteiger partial charge in [-0.2, -0.15) is 0 Å². The molecule has 38 heavy (non-hydrogen) atoms. The number of fused-ring (bicyclic) bond motifs is 1. The second-order valence-electron chi connectivity index (χ2n) is 8.21. The van der Waals surface area contributed by atoms with Crippen molar-refractivity contribution in [3.8, 4) is 11.5 Å². The lowest BCUT2D eigenvalue weighted by Crippen LogP contribution is -2.39. The first-order chi connectivity index (χ1) is 18.3. The monoisotopic (exact) mass is 572 g/mol. The number of hydrogen-bond donors (Lipinski definition) is 0. The van der Waals surface area contributed by atoms with Gasteiger partial charge in [-0.25, -0.2) is 9.79 Å². The van der Waals surface area contributed by atoms with Crippen LogP contribution in [0.5, 0.6) is 11.5 Å². The molecule has 4 rings (SSSR count). The van der Waals surface area contributed by atoms with E-state index in [-0.39, 0.29) is 18.8 Å². The summed E-state index contributed by atoms with van der Waals surface area (Å²) in [5.74, 6) is 0.545. The van der Waals surface area contributed by atoms with E-state index in [1.54, 1.807) is 38.1 Å². The second-order valence-corrected chi connectivity index (χ2v) is 10.1. The van der Waals surface area contributed by atoms with Gasteiger partial charge in [0.1, 0.15) is 18.1 Å². The van der Waals surface area contributed by atoms with Gasteiger partial charge in [0.15, 0.2) is 4.80 Å². The molecule has 0 unspecified atom stereocenters. The molecule has 3 aromatic rings. The summed E-state index contributed by atoms with van der Waals surface area (Å²) < 4.78 is 18.6. The van der Waals surface area contributed by atoms with Crippen LogP contribution in [-0.4, -0.2) is 30.4 Å². The normalized spacial score (nSPS) is 15.1. The molecule has 0 fully saturated rings. The number of rotatable bonds is 9. The van der Waals surface area contributed by atoms with E-state index in [1.165, 1.54) is 15.9 Å². The largest absolute Gasteiger partial charge is 0.494 e. The molecular formula is C28H26Cl2N2O5S. The number of benzene rings is 2. The quantitative estimate of drug-likeness (QED) is 0.264. The van der Waals surface area contributed by atoms with E-state index in [1.807, 2.05) is 31.2 Å². The first-order valence-electron chi connectivity index (χ1n) is 11.9. The summed E-state index contributed by atoms with van der Waals surface area (Å²) in [5.41, 5.74) is 1.72. The zero-order chi connectivity index (χ0) is 27.4. The molecule has 1 aliphatic rings. The van der Waals surface area contributed by atoms with Gasteiger partial charge >= 0.3 is 5.97 Å². The number of aromatic nitrogens is 1. The summed E-state index contributed by atoms with van der Waals surface area (Å²) in [6, 6.07) is 9.80. The third-order valence-electron chi connectivity index (χ3n) is 5.69. The lowest BCUT2D eigenvalue weighted by atomic mass is 9.96. The standard InChI is InChI=1S/C28H26Cl2N2O5S/c1-5-12-37-25-18(13-19(29)15-21(25)30)14-22-26(33)32-24(17-8-10-20(11-9-17)35-6-2)23(27(34)36-7-3)16(4)31-28(32)38-22/h5,8-11,13-15,24H,1,6-7,12H2,2-4H3/b22-14-/t24-/m1/s1. The van der Waals surface area contributed by atoms with Crippen LogP contribution in [0.25, 0.3) is 6.08 Å². The van der Waals surface area contributed by atoms with Crippen LogP contribution in [0.3, 0.4) is 0 Å². The van der Waals surface area contributed by atoms with E-state index >= 15 is 0 Å². The number of hydrogen-bond acceptors (Lipinski definition) is 7. The third kappa shape index (κ3) is 5.57. The molecule has 198 valence electrons. The van der Waals surface area contributed by atoms with Gasteiger partial charge in [0.05, 0.1) is 40.1 Å². The Bertz CT molecular complexity index is 1590. The number of esters is 1. The van der Waals surface area contributed by atoms with Crippen molar-refractivity contribution in [1.29, 1.82) is 0 Å². The molecule has 10 heteroatoms. The zero-order valence-corrected chi connectivity index (χ0v) is 23.5. The molecule has 0 N–H and O–H groups in total. The van der Waals surface area contributed by atoms with Crippen molar-refractivity contribution in [2.24, 2.45) is 4.99 Å². The van der Waals surface area contributed by atoms with Crippen LogP contribution in [-0.2, 0) is 9.53 Å². The lowest BCUT2D eigenvalue weighted by Gasteiger charge is -2.24. The summed E-state index contributed by atoms with van der Waals surface area (Å²) in [7, 11) is 0. The lowest BCUT2D eigenvalue weighted by molar-refractivity contribution is -0.139. The molecular weight excluding hydrogens is 547 g/mol. The van der Waals surface area contributed by atoms with Gasteiger partial charge in [-0.3, -0.25) is 9.36 Å². The van der Waals surface area contributed by atoms with Crippen molar-refractivity contribution >= 4 is 46.6 Å². The summed E-state index contributed by atoms with van der Waals surface area (Å²) >= 11 is 13.8. The Kier molecular flexibility index (Phi) is 8.76. The SMILES string of the molecule is C=CCOc1c(Cl)cc(Cl)cc1/C=c1\sc2n(c1=O)[C@H](c1ccc(OCC)cc1)C(C(=O)OCC)=C(C)N=2. The molecule has 0 saturated carbocycles. The van der Waals surface area contributed by atoms with Crippen molar-refractivity contribution in [2.45, 2.75) is 26.8 Å². The molecule has 0 radical (unpaired) electrons. The highest BCUT2D eigenvalue weighted by Crippen LogP contribution is 2.34. The fourth-order valence-corrected chi connectivity index (χ4v) is 5.74. The number of ether oxygens (including phenoxy) is 3. The fraction of sp³-hybridized carbons (Fsp3) is 0.250. The Morgan fingerprint density at radius 3 is 2.55 bits per heavy atom. The molecule has 2 heterocycles. The Morgan fingerprint density at radius 2 is 1.89 bits per heavy atom. The Labute approximate surface area is 233 Å². The number of allylic oxidation sites excluding steroid dienone is 1. The highest BCUT2D eigenvalue weighted by atomic mass is 35.5. The van der Waals surface area contributed by atoms with E-state index in [0.717, 1.165) is 5.56 Å². The van der Waals surface area contributed by atoms with Crippen LogP contribution >= 0.6 is 34.5 Å². The Morgan fingerprint density at radius 1 is 1.16 bits per heavy atom. The number of carbonyl (C=O) groups is 1. The van der Waals surface area contributed by atoms with Gasteiger partial charge in [0.25, 0.3) is 5.56 Å².